The van der Waals surface area contributed by atoms with Gasteiger partial charge in [0.15, 0.2) is 0 Å². The quantitative estimate of drug-likeness (QED) is 0.779. The summed E-state index contributed by atoms with van der Waals surface area (Å²) in [6.45, 7) is 2.06. The van der Waals surface area contributed by atoms with Crippen LogP contribution in [0.5, 0.6) is 0 Å². The maximum Gasteiger partial charge on any atom is 0.0424 e. The Hall–Kier alpha value is -0.240. The summed E-state index contributed by atoms with van der Waals surface area (Å²) in [5.74, 6) is 0. The average molecular weight is 204 g/mol. The molecule has 1 aromatic rings. The zero-order valence-corrected chi connectivity index (χ0v) is 8.58. The number of nitrogens with one attached hydrogen (secondary N) is 1. The van der Waals surface area contributed by atoms with E-state index in [-0.39, 0.29) is 6.04 Å². The molecule has 1 N–H and O–H groups in total. The number of benzene rings is 1. The summed E-state index contributed by atoms with van der Waals surface area (Å²) in [7, 11) is 1.90. The summed E-state index contributed by atoms with van der Waals surface area (Å²) in [6, 6.07) is 5.83. The lowest BCUT2D eigenvalue weighted by Crippen LogP contribution is -2.12. The molecular formula is C9H11Cl2N. The predicted molar refractivity (Wildman–Crippen MR) is 53.9 cm³/mol. The Morgan fingerprint density at radius 3 is 2.08 bits per heavy atom. The Labute approximate surface area is 82.7 Å². The van der Waals surface area contributed by atoms with E-state index >= 15 is 0 Å². The highest BCUT2D eigenvalue weighted by Crippen LogP contribution is 2.22. The van der Waals surface area contributed by atoms with Crippen molar-refractivity contribution in [2.45, 2.75) is 13.0 Å². The smallest absolute Gasteiger partial charge is 0.0424 e. The lowest BCUT2D eigenvalue weighted by Gasteiger charge is -2.10. The Morgan fingerprint density at radius 2 is 1.67 bits per heavy atom. The van der Waals surface area contributed by atoms with Gasteiger partial charge in [-0.1, -0.05) is 23.2 Å². The van der Waals surface area contributed by atoms with E-state index in [9.17, 15) is 0 Å². The number of hydrogen-bond acceptors (Lipinski definition) is 1. The molecule has 1 rings (SSSR count). The fraction of sp³-hybridized carbons (Fsp3) is 0.333. The first-order chi connectivity index (χ1) is 5.63. The summed E-state index contributed by atoms with van der Waals surface area (Å²) in [6.07, 6.45) is 0. The van der Waals surface area contributed by atoms with E-state index < -0.39 is 0 Å². The van der Waals surface area contributed by atoms with E-state index in [4.69, 9.17) is 23.2 Å². The van der Waals surface area contributed by atoms with Crippen LogP contribution < -0.4 is 5.32 Å². The molecule has 1 unspecified atom stereocenters. The third-order valence-electron chi connectivity index (χ3n) is 1.82. The molecule has 1 aromatic carbocycles. The topological polar surface area (TPSA) is 12.0 Å². The molecule has 1 nitrogen and oxygen atoms in total. The van der Waals surface area contributed by atoms with Crippen LogP contribution in [-0.2, 0) is 0 Å². The van der Waals surface area contributed by atoms with Gasteiger partial charge in [-0.2, -0.15) is 0 Å². The fourth-order valence-corrected chi connectivity index (χ4v) is 1.53. The van der Waals surface area contributed by atoms with Crippen molar-refractivity contribution in [3.05, 3.63) is 33.8 Å². The van der Waals surface area contributed by atoms with Crippen molar-refractivity contribution in [3.63, 3.8) is 0 Å². The van der Waals surface area contributed by atoms with E-state index in [0.29, 0.717) is 10.0 Å². The van der Waals surface area contributed by atoms with Crippen molar-refractivity contribution in [3.8, 4) is 0 Å². The van der Waals surface area contributed by atoms with Gasteiger partial charge in [0.1, 0.15) is 0 Å². The van der Waals surface area contributed by atoms with Gasteiger partial charge in [-0.15, -0.1) is 0 Å². The normalized spacial score (nSPS) is 13.0. The second kappa shape index (κ2) is 4.13. The van der Waals surface area contributed by atoms with Gasteiger partial charge < -0.3 is 5.32 Å². The SMILES string of the molecule is CNC(C)c1cc(Cl)cc(Cl)c1. The van der Waals surface area contributed by atoms with E-state index in [1.54, 1.807) is 6.07 Å². The first-order valence-electron chi connectivity index (χ1n) is 3.76. The highest BCUT2D eigenvalue weighted by atomic mass is 35.5. The zero-order valence-electron chi connectivity index (χ0n) is 7.07. The molecule has 0 bridgehead atoms. The Kier molecular flexibility index (Phi) is 3.39. The summed E-state index contributed by atoms with van der Waals surface area (Å²) >= 11 is 11.7. The minimum atomic E-state index is 0.279. The largest absolute Gasteiger partial charge is 0.313 e. The van der Waals surface area contributed by atoms with Gasteiger partial charge in [0.2, 0.25) is 0 Å². The molecule has 0 aliphatic rings. The van der Waals surface area contributed by atoms with Gasteiger partial charge in [-0.05, 0) is 37.7 Å². The summed E-state index contributed by atoms with van der Waals surface area (Å²) in [4.78, 5) is 0. The van der Waals surface area contributed by atoms with Crippen molar-refractivity contribution < 1.29 is 0 Å². The first kappa shape index (κ1) is 9.85. The van der Waals surface area contributed by atoms with Crippen molar-refractivity contribution >= 4 is 23.2 Å². The second-order valence-electron chi connectivity index (χ2n) is 2.71. The maximum absolute atomic E-state index is 5.84. The molecule has 0 heterocycles. The van der Waals surface area contributed by atoms with Crippen LogP contribution in [0.25, 0.3) is 0 Å². The predicted octanol–water partition coefficient (Wildman–Crippen LogP) is 3.27. The van der Waals surface area contributed by atoms with Crippen LogP contribution in [0.2, 0.25) is 10.0 Å². The third-order valence-corrected chi connectivity index (χ3v) is 2.25. The molecule has 0 aliphatic carbocycles. The van der Waals surface area contributed by atoms with Crippen molar-refractivity contribution in [1.29, 1.82) is 0 Å². The van der Waals surface area contributed by atoms with Crippen LogP contribution >= 0.6 is 23.2 Å². The molecule has 0 aromatic heterocycles. The van der Waals surface area contributed by atoms with Gasteiger partial charge in [0, 0.05) is 16.1 Å². The van der Waals surface area contributed by atoms with Crippen LogP contribution in [0, 0.1) is 0 Å². The number of halogens is 2. The second-order valence-corrected chi connectivity index (χ2v) is 3.59. The molecular weight excluding hydrogens is 193 g/mol. The van der Waals surface area contributed by atoms with Gasteiger partial charge in [0.25, 0.3) is 0 Å². The monoisotopic (exact) mass is 203 g/mol. The van der Waals surface area contributed by atoms with Crippen molar-refractivity contribution in [2.24, 2.45) is 0 Å². The lowest BCUT2D eigenvalue weighted by molar-refractivity contribution is 0.652. The maximum atomic E-state index is 5.84. The Morgan fingerprint density at radius 1 is 1.17 bits per heavy atom. The summed E-state index contributed by atoms with van der Waals surface area (Å²) in [5, 5.41) is 4.48. The lowest BCUT2D eigenvalue weighted by atomic mass is 10.1. The molecule has 12 heavy (non-hydrogen) atoms. The first-order valence-corrected chi connectivity index (χ1v) is 4.52. The average Bonchev–Trinajstić information content (AvgIpc) is 2.01. The molecule has 0 saturated heterocycles. The molecule has 0 radical (unpaired) electrons. The minimum Gasteiger partial charge on any atom is -0.313 e. The number of hydrogen-bond donors (Lipinski definition) is 1. The highest BCUT2D eigenvalue weighted by Gasteiger charge is 2.03. The van der Waals surface area contributed by atoms with Crippen LogP contribution in [0.4, 0.5) is 0 Å². The van der Waals surface area contributed by atoms with Crippen LogP contribution in [0.3, 0.4) is 0 Å². The Bertz CT molecular complexity index is 253. The molecule has 1 atom stereocenters. The van der Waals surface area contributed by atoms with E-state index in [1.165, 1.54) is 0 Å². The molecule has 3 heteroatoms. The third kappa shape index (κ3) is 2.37. The van der Waals surface area contributed by atoms with Crippen LogP contribution in [0.1, 0.15) is 18.5 Å². The summed E-state index contributed by atoms with van der Waals surface area (Å²) in [5.41, 5.74) is 1.11. The van der Waals surface area contributed by atoms with Crippen molar-refractivity contribution in [2.75, 3.05) is 7.05 Å². The molecule has 0 aliphatic heterocycles. The molecule has 0 amide bonds. The zero-order chi connectivity index (χ0) is 9.14. The number of rotatable bonds is 2. The van der Waals surface area contributed by atoms with Crippen molar-refractivity contribution in [1.82, 2.24) is 5.32 Å². The van der Waals surface area contributed by atoms with Gasteiger partial charge in [0.05, 0.1) is 0 Å². The van der Waals surface area contributed by atoms with Crippen LogP contribution in [0.15, 0.2) is 18.2 Å². The van der Waals surface area contributed by atoms with E-state index in [2.05, 4.69) is 12.2 Å². The van der Waals surface area contributed by atoms with Gasteiger partial charge >= 0.3 is 0 Å². The fourth-order valence-electron chi connectivity index (χ4n) is 0.992. The molecule has 0 spiro atoms. The van der Waals surface area contributed by atoms with Crippen LogP contribution in [-0.4, -0.2) is 7.05 Å². The van der Waals surface area contributed by atoms with Gasteiger partial charge in [-0.3, -0.25) is 0 Å². The van der Waals surface area contributed by atoms with E-state index in [0.717, 1.165) is 5.56 Å². The minimum absolute atomic E-state index is 0.279. The van der Waals surface area contributed by atoms with E-state index in [1.807, 2.05) is 19.2 Å². The Balaban J connectivity index is 3.00. The standard InChI is InChI=1S/C9H11Cl2N/c1-6(12-2)7-3-8(10)5-9(11)4-7/h3-6,12H,1-2H3. The summed E-state index contributed by atoms with van der Waals surface area (Å²) < 4.78 is 0. The highest BCUT2D eigenvalue weighted by molar-refractivity contribution is 6.34. The van der Waals surface area contributed by atoms with Gasteiger partial charge in [-0.25, -0.2) is 0 Å². The molecule has 0 fully saturated rings. The molecule has 0 saturated carbocycles. The molecule has 66 valence electrons.